The van der Waals surface area contributed by atoms with Gasteiger partial charge >= 0.3 is 0 Å². The third kappa shape index (κ3) is 6.10. The van der Waals surface area contributed by atoms with Crippen molar-refractivity contribution in [3.63, 3.8) is 0 Å². The van der Waals surface area contributed by atoms with Gasteiger partial charge in [-0.3, -0.25) is 14.4 Å². The van der Waals surface area contributed by atoms with Crippen molar-refractivity contribution in [2.24, 2.45) is 0 Å². The van der Waals surface area contributed by atoms with Gasteiger partial charge in [-0.15, -0.1) is 0 Å². The molecule has 0 bridgehead atoms. The second-order valence-electron chi connectivity index (χ2n) is 8.17. The highest BCUT2D eigenvalue weighted by molar-refractivity contribution is 6.42. The van der Waals surface area contributed by atoms with Crippen molar-refractivity contribution in [3.8, 4) is 11.5 Å². The smallest absolute Gasteiger partial charge is 0.295 e. The van der Waals surface area contributed by atoms with E-state index in [1.54, 1.807) is 55.5 Å². The van der Waals surface area contributed by atoms with Crippen LogP contribution in [0.1, 0.15) is 29.8 Å². The van der Waals surface area contributed by atoms with Crippen molar-refractivity contribution >= 4 is 17.6 Å². The molecule has 0 spiro atoms. The second-order valence-corrected chi connectivity index (χ2v) is 8.17. The second kappa shape index (κ2) is 11.0. The predicted molar refractivity (Wildman–Crippen MR) is 122 cm³/mol. The molecule has 0 unspecified atom stereocenters. The lowest BCUT2D eigenvalue weighted by Crippen LogP contribution is -2.44. The first-order valence-corrected chi connectivity index (χ1v) is 10.8. The summed E-state index contributed by atoms with van der Waals surface area (Å²) in [5, 5.41) is 0. The molecule has 2 amide bonds. The van der Waals surface area contributed by atoms with Crippen molar-refractivity contribution in [1.82, 2.24) is 9.80 Å². The fraction of sp³-hybridized carbons (Fsp3) is 0.400. The molecular weight excluding hydrogens is 424 g/mol. The van der Waals surface area contributed by atoms with E-state index < -0.39 is 17.8 Å². The van der Waals surface area contributed by atoms with Gasteiger partial charge in [0.05, 0.1) is 26.9 Å². The Morgan fingerprint density at radius 3 is 2.21 bits per heavy atom. The van der Waals surface area contributed by atoms with Crippen LogP contribution in [0.15, 0.2) is 48.5 Å². The summed E-state index contributed by atoms with van der Waals surface area (Å²) < 4.78 is 16.8. The van der Waals surface area contributed by atoms with Crippen LogP contribution in [0.2, 0.25) is 0 Å². The number of hydrogen-bond acceptors (Lipinski definition) is 6. The van der Waals surface area contributed by atoms with Crippen molar-refractivity contribution in [1.29, 1.82) is 0 Å². The Kier molecular flexibility index (Phi) is 8.06. The van der Waals surface area contributed by atoms with Crippen LogP contribution in [0.25, 0.3) is 0 Å². The summed E-state index contributed by atoms with van der Waals surface area (Å²) in [4.78, 5) is 41.5. The minimum Gasteiger partial charge on any atom is -0.497 e. The lowest BCUT2D eigenvalue weighted by Gasteiger charge is -2.27. The molecule has 0 saturated carbocycles. The van der Waals surface area contributed by atoms with Crippen LogP contribution >= 0.6 is 0 Å². The average molecular weight is 455 g/mol. The van der Waals surface area contributed by atoms with Crippen LogP contribution in [0, 0.1) is 0 Å². The van der Waals surface area contributed by atoms with E-state index in [1.807, 2.05) is 26.0 Å². The summed E-state index contributed by atoms with van der Waals surface area (Å²) in [6.07, 6.45) is -0.469. The Balaban J connectivity index is 1.79. The summed E-state index contributed by atoms with van der Waals surface area (Å²) in [6, 6.07) is 13.7. The maximum Gasteiger partial charge on any atom is 0.295 e. The number of ketones is 1. The van der Waals surface area contributed by atoms with Crippen LogP contribution in [0.3, 0.4) is 0 Å². The molecule has 176 valence electrons. The van der Waals surface area contributed by atoms with E-state index in [4.69, 9.17) is 14.2 Å². The van der Waals surface area contributed by atoms with Crippen LogP contribution in [-0.4, -0.2) is 73.4 Å². The highest BCUT2D eigenvalue weighted by Crippen LogP contribution is 2.24. The van der Waals surface area contributed by atoms with Gasteiger partial charge in [-0.1, -0.05) is 30.3 Å². The summed E-state index contributed by atoms with van der Waals surface area (Å²) in [5.74, 6) is -0.293. The molecule has 1 fully saturated rings. The maximum absolute atomic E-state index is 13.0. The zero-order valence-corrected chi connectivity index (χ0v) is 19.4. The topological polar surface area (TPSA) is 85.4 Å². The molecule has 1 atom stereocenters. The molecular formula is C25H30N2O6. The monoisotopic (exact) mass is 454 g/mol. The van der Waals surface area contributed by atoms with Gasteiger partial charge in [-0.2, -0.15) is 0 Å². The number of nitrogens with zero attached hydrogens (tertiary/aromatic N) is 2. The number of hydrogen-bond donors (Lipinski definition) is 0. The van der Waals surface area contributed by atoms with Gasteiger partial charge in [0, 0.05) is 30.8 Å². The first-order valence-electron chi connectivity index (χ1n) is 10.8. The first-order chi connectivity index (χ1) is 15.8. The molecule has 8 nitrogen and oxygen atoms in total. The fourth-order valence-corrected chi connectivity index (χ4v) is 3.72. The molecule has 0 radical (unpaired) electrons. The molecule has 1 aliphatic rings. The Morgan fingerprint density at radius 1 is 1.00 bits per heavy atom. The number of methoxy groups -OCH3 is 2. The number of carbonyl (C=O) groups excluding carboxylic acids is 3. The molecule has 2 aromatic rings. The van der Waals surface area contributed by atoms with E-state index >= 15 is 0 Å². The quantitative estimate of drug-likeness (QED) is 0.450. The zero-order chi connectivity index (χ0) is 24.0. The molecule has 0 aliphatic carbocycles. The molecule has 0 N–H and O–H groups in total. The van der Waals surface area contributed by atoms with Crippen LogP contribution in [-0.2, 0) is 20.9 Å². The third-order valence-corrected chi connectivity index (χ3v) is 5.51. The predicted octanol–water partition coefficient (Wildman–Crippen LogP) is 2.55. The van der Waals surface area contributed by atoms with E-state index in [1.165, 1.54) is 4.90 Å². The lowest BCUT2D eigenvalue weighted by molar-refractivity contribution is -0.137. The van der Waals surface area contributed by atoms with E-state index in [0.29, 0.717) is 23.6 Å². The van der Waals surface area contributed by atoms with Crippen LogP contribution < -0.4 is 9.47 Å². The van der Waals surface area contributed by atoms with Gasteiger partial charge in [-0.25, -0.2) is 0 Å². The Morgan fingerprint density at radius 2 is 1.64 bits per heavy atom. The minimum absolute atomic E-state index is 0.0691. The number of benzene rings is 2. The molecule has 33 heavy (non-hydrogen) atoms. The molecule has 3 rings (SSSR count). The van der Waals surface area contributed by atoms with Gasteiger partial charge in [0.1, 0.15) is 18.0 Å². The van der Waals surface area contributed by atoms with E-state index in [-0.39, 0.29) is 31.6 Å². The van der Waals surface area contributed by atoms with E-state index in [2.05, 4.69) is 0 Å². The largest absolute Gasteiger partial charge is 0.497 e. The van der Waals surface area contributed by atoms with E-state index in [9.17, 15) is 14.4 Å². The summed E-state index contributed by atoms with van der Waals surface area (Å²) in [7, 11) is 3.15. The molecule has 0 aromatic heterocycles. The molecule has 1 aliphatic heterocycles. The van der Waals surface area contributed by atoms with Crippen molar-refractivity contribution < 1.29 is 28.6 Å². The van der Waals surface area contributed by atoms with Crippen LogP contribution in [0.4, 0.5) is 0 Å². The molecule has 2 aromatic carbocycles. The maximum atomic E-state index is 13.0. The Bertz CT molecular complexity index is 969. The van der Waals surface area contributed by atoms with Gasteiger partial charge < -0.3 is 24.0 Å². The number of rotatable bonds is 8. The molecule has 1 saturated heterocycles. The van der Waals surface area contributed by atoms with Gasteiger partial charge in [0.15, 0.2) is 0 Å². The zero-order valence-electron chi connectivity index (χ0n) is 19.4. The van der Waals surface area contributed by atoms with Gasteiger partial charge in [0.2, 0.25) is 11.7 Å². The van der Waals surface area contributed by atoms with Gasteiger partial charge in [-0.05, 0) is 31.5 Å². The Hall–Kier alpha value is -3.39. The molecule has 8 heteroatoms. The average Bonchev–Trinajstić information content (AvgIpc) is 3.00. The highest BCUT2D eigenvalue weighted by atomic mass is 16.5. The number of Topliss-reactive ketones (excluding diaryl/α,β-unsaturated/α-hetero) is 1. The number of ether oxygens (including phenoxy) is 3. The first kappa shape index (κ1) is 24.3. The van der Waals surface area contributed by atoms with E-state index in [0.717, 1.165) is 5.56 Å². The van der Waals surface area contributed by atoms with Crippen molar-refractivity contribution in [2.75, 3.05) is 33.9 Å². The normalized spacial score (nSPS) is 16.5. The lowest BCUT2D eigenvalue weighted by atomic mass is 10.1. The summed E-state index contributed by atoms with van der Waals surface area (Å²) in [5.41, 5.74) is 1.12. The SMILES string of the molecule is COc1cc(CO[C@@H]2CN(C(=O)C(=O)c3ccccc3)CC(=O)N(C(C)C)C2)cc(OC)c1. The number of amides is 2. The Labute approximate surface area is 194 Å². The highest BCUT2D eigenvalue weighted by Gasteiger charge is 2.34. The molecule has 1 heterocycles. The van der Waals surface area contributed by atoms with Crippen molar-refractivity contribution in [3.05, 3.63) is 59.7 Å². The summed E-state index contributed by atoms with van der Waals surface area (Å²) in [6.45, 7) is 4.34. The van der Waals surface area contributed by atoms with Crippen LogP contribution in [0.5, 0.6) is 11.5 Å². The number of carbonyl (C=O) groups is 3. The third-order valence-electron chi connectivity index (χ3n) is 5.51. The summed E-state index contributed by atoms with van der Waals surface area (Å²) >= 11 is 0. The van der Waals surface area contributed by atoms with Gasteiger partial charge in [0.25, 0.3) is 5.91 Å². The fourth-order valence-electron chi connectivity index (χ4n) is 3.72. The standard InChI is InChI=1S/C25H30N2O6/c1-17(2)27-14-22(33-16-18-10-20(31-3)12-21(11-18)32-4)13-26(15-23(27)28)25(30)24(29)19-8-6-5-7-9-19/h5-12,17,22H,13-16H2,1-4H3/t22-/m1/s1. The van der Waals surface area contributed by atoms with Crippen molar-refractivity contribution in [2.45, 2.75) is 32.6 Å². The minimum atomic E-state index is -0.711.